The van der Waals surface area contributed by atoms with Crippen LogP contribution in [0.2, 0.25) is 0 Å². The van der Waals surface area contributed by atoms with Gasteiger partial charge in [-0.1, -0.05) is 34.6 Å². The number of fused-ring (bicyclic) bond motifs is 4. The molecule has 0 radical (unpaired) electrons. The maximum atomic E-state index is 12.7. The van der Waals surface area contributed by atoms with Gasteiger partial charge < -0.3 is 38.6 Å². The van der Waals surface area contributed by atoms with Crippen molar-refractivity contribution < 1.29 is 43.4 Å². The van der Waals surface area contributed by atoms with Gasteiger partial charge in [-0.05, 0) is 117 Å². The molecule has 51 heavy (non-hydrogen) atoms. The minimum Gasteiger partial charge on any atom is -0.464 e. The Kier molecular flexibility index (Phi) is 9.15. The second-order valence-corrected chi connectivity index (χ2v) is 19.9. The zero-order valence-corrected chi connectivity index (χ0v) is 32.7. The number of hydrogen-bond donors (Lipinski definition) is 2. The van der Waals surface area contributed by atoms with Crippen LogP contribution in [-0.4, -0.2) is 116 Å². The van der Waals surface area contributed by atoms with Crippen molar-refractivity contribution in [1.82, 2.24) is 4.90 Å². The molecule has 14 atom stereocenters. The summed E-state index contributed by atoms with van der Waals surface area (Å²) in [5, 5.41) is 23.9. The monoisotopic (exact) mass is 717 g/mol. The summed E-state index contributed by atoms with van der Waals surface area (Å²) in [6, 6.07) is 0.504. The van der Waals surface area contributed by atoms with Gasteiger partial charge >= 0.3 is 5.97 Å². The van der Waals surface area contributed by atoms with Gasteiger partial charge in [0.05, 0.1) is 69.0 Å². The molecule has 3 saturated heterocycles. The van der Waals surface area contributed by atoms with Gasteiger partial charge in [-0.25, -0.2) is 4.79 Å². The van der Waals surface area contributed by atoms with Gasteiger partial charge in [0.1, 0.15) is 12.7 Å². The summed E-state index contributed by atoms with van der Waals surface area (Å²) in [5.41, 5.74) is -0.972. The first-order chi connectivity index (χ1) is 24.0. The first-order valence-electron chi connectivity index (χ1n) is 20.5. The van der Waals surface area contributed by atoms with Gasteiger partial charge in [0.25, 0.3) is 0 Å². The maximum Gasteiger partial charge on any atom is 0.332 e. The summed E-state index contributed by atoms with van der Waals surface area (Å²) in [6.45, 7) is 21.5. The highest BCUT2D eigenvalue weighted by molar-refractivity contribution is 5.70. The number of ether oxygens (including phenoxy) is 6. The van der Waals surface area contributed by atoms with Crippen LogP contribution in [0.4, 0.5) is 0 Å². The predicted octanol–water partition coefficient (Wildman–Crippen LogP) is 4.96. The van der Waals surface area contributed by atoms with Crippen molar-refractivity contribution >= 4 is 5.97 Å². The number of aliphatic hydroxyl groups is 2. The number of carbonyl (C=O) groups excluding carboxylic acids is 1. The summed E-state index contributed by atoms with van der Waals surface area (Å²) >= 11 is 0. The molecule has 8 aliphatic rings. The fourth-order valence-corrected chi connectivity index (χ4v) is 14.5. The average Bonchev–Trinajstić information content (AvgIpc) is 3.66. The van der Waals surface area contributed by atoms with Gasteiger partial charge in [0, 0.05) is 12.0 Å². The zero-order valence-electron chi connectivity index (χ0n) is 32.7. The number of rotatable bonds is 9. The van der Waals surface area contributed by atoms with Gasteiger partial charge in [-0.15, -0.1) is 0 Å². The molecule has 3 aliphatic heterocycles. The largest absolute Gasteiger partial charge is 0.464 e. The third-order valence-corrected chi connectivity index (χ3v) is 17.0. The van der Waals surface area contributed by atoms with Crippen LogP contribution in [0.3, 0.4) is 0 Å². The van der Waals surface area contributed by atoms with Gasteiger partial charge in [0.2, 0.25) is 0 Å². The topological polar surface area (TPSA) is 116 Å². The van der Waals surface area contributed by atoms with Crippen molar-refractivity contribution in [1.29, 1.82) is 0 Å². The van der Waals surface area contributed by atoms with Crippen LogP contribution < -0.4 is 0 Å². The number of hydrogen-bond acceptors (Lipinski definition) is 10. The molecule has 0 aromatic carbocycles. The lowest BCUT2D eigenvalue weighted by molar-refractivity contribution is -0.256. The molecule has 0 aromatic rings. The molecule has 10 nitrogen and oxygen atoms in total. The molecule has 8 fully saturated rings. The molecular weight excluding hydrogens is 650 g/mol. The molecule has 5 aliphatic carbocycles. The Morgan fingerprint density at radius 1 is 1.04 bits per heavy atom. The molecule has 1 unspecified atom stereocenters. The molecule has 2 spiro atoms. The Bertz CT molecular complexity index is 1330. The molecule has 10 heteroatoms. The van der Waals surface area contributed by atoms with E-state index in [1.807, 2.05) is 0 Å². The minimum atomic E-state index is -1.24. The van der Waals surface area contributed by atoms with Crippen molar-refractivity contribution in [3.8, 4) is 0 Å². The Labute approximate surface area is 305 Å². The fraction of sp³-hybridized carbons (Fsp3) is 0.976. The van der Waals surface area contributed by atoms with Gasteiger partial charge in [-0.3, -0.25) is 4.90 Å². The molecule has 290 valence electrons. The van der Waals surface area contributed by atoms with E-state index in [1.54, 1.807) is 20.8 Å². The Morgan fingerprint density at radius 2 is 1.76 bits per heavy atom. The molecule has 5 saturated carbocycles. The van der Waals surface area contributed by atoms with Crippen LogP contribution in [0.1, 0.15) is 107 Å². The van der Waals surface area contributed by atoms with Gasteiger partial charge in [0.15, 0.2) is 6.29 Å². The first-order valence-corrected chi connectivity index (χ1v) is 20.5. The van der Waals surface area contributed by atoms with Crippen molar-refractivity contribution in [3.63, 3.8) is 0 Å². The summed E-state index contributed by atoms with van der Waals surface area (Å²) < 4.78 is 36.7. The van der Waals surface area contributed by atoms with Crippen molar-refractivity contribution in [3.05, 3.63) is 0 Å². The molecule has 0 amide bonds. The van der Waals surface area contributed by atoms with E-state index in [2.05, 4.69) is 39.5 Å². The summed E-state index contributed by atoms with van der Waals surface area (Å²) in [6.07, 6.45) is 6.79. The van der Waals surface area contributed by atoms with E-state index in [0.29, 0.717) is 29.7 Å². The Morgan fingerprint density at radius 3 is 2.45 bits per heavy atom. The number of nitrogens with zero attached hydrogens (tertiary/aromatic N) is 1. The highest BCUT2D eigenvalue weighted by Crippen LogP contribution is 2.89. The van der Waals surface area contributed by atoms with E-state index >= 15 is 0 Å². The standard InChI is InChI=1S/C41H67NO9/c1-9-47-30(43)22-49-35(37(5,6)45)26-18-24(2)32-33(50-26)34(44)39(8)28-11-10-27-36(3,4)29(51-31-19-42(16-17-48-31)25-20-46-21-25)12-13-40(27)23-41(28,40)15-14-38(32,39)7/h24-29,31-35,44-45H,9-23H2,1-8H3/t24-,26-,27+,28?,29+,31+,32+,33+,34+,35+,38-,39-,40-,41+/m1/s1. The van der Waals surface area contributed by atoms with E-state index in [-0.39, 0.29) is 65.2 Å². The highest BCUT2D eigenvalue weighted by atomic mass is 16.7. The van der Waals surface area contributed by atoms with Crippen LogP contribution in [0.25, 0.3) is 0 Å². The van der Waals surface area contributed by atoms with Crippen LogP contribution in [-0.2, 0) is 33.2 Å². The molecule has 0 aromatic heterocycles. The van der Waals surface area contributed by atoms with Crippen molar-refractivity contribution in [2.75, 3.05) is 46.1 Å². The van der Waals surface area contributed by atoms with Crippen LogP contribution in [0.15, 0.2) is 0 Å². The minimum absolute atomic E-state index is 0.0440. The SMILES string of the molecule is CCOC(=O)CO[C@@H]([C@H]1C[C@@H](C)[C@H]2[C@H](O1)[C@H](O)[C@@]1(C)C3CC[C@H]4C(C)(C)[C@@H](O[C@H]5CN(C6COC6)CCO5)CC[C@@]45C[C@@]35CC[C@]21C)C(C)(C)O. The lowest BCUT2D eigenvalue weighted by atomic mass is 9.41. The lowest BCUT2D eigenvalue weighted by Gasteiger charge is -2.64. The maximum absolute atomic E-state index is 12.7. The predicted molar refractivity (Wildman–Crippen MR) is 190 cm³/mol. The first kappa shape index (κ1) is 37.1. The van der Waals surface area contributed by atoms with Gasteiger partial charge in [-0.2, -0.15) is 0 Å². The second-order valence-electron chi connectivity index (χ2n) is 19.9. The van der Waals surface area contributed by atoms with Crippen molar-refractivity contribution in [2.45, 2.75) is 155 Å². The van der Waals surface area contributed by atoms with E-state index in [1.165, 1.54) is 25.7 Å². The molecule has 3 heterocycles. The van der Waals surface area contributed by atoms with Crippen LogP contribution in [0, 0.1) is 50.7 Å². The highest BCUT2D eigenvalue weighted by Gasteiger charge is 2.84. The number of carbonyl (C=O) groups is 1. The lowest BCUT2D eigenvalue weighted by Crippen LogP contribution is -2.60. The second kappa shape index (κ2) is 12.6. The number of morpholine rings is 1. The molecular formula is C41H67NO9. The third-order valence-electron chi connectivity index (χ3n) is 17.0. The third kappa shape index (κ3) is 5.33. The zero-order chi connectivity index (χ0) is 36.4. The Hall–Kier alpha value is -0.850. The molecule has 2 N–H and O–H groups in total. The molecule has 0 bridgehead atoms. The Balaban J connectivity index is 1.01. The van der Waals surface area contributed by atoms with Crippen molar-refractivity contribution in [2.24, 2.45) is 50.7 Å². The number of aliphatic hydroxyl groups excluding tert-OH is 1. The number of esters is 1. The van der Waals surface area contributed by atoms with Crippen LogP contribution in [0.5, 0.6) is 0 Å². The summed E-state index contributed by atoms with van der Waals surface area (Å²) in [5.74, 6) is 1.07. The average molecular weight is 718 g/mol. The smallest absolute Gasteiger partial charge is 0.332 e. The van der Waals surface area contributed by atoms with Crippen LogP contribution >= 0.6 is 0 Å². The molecule has 8 rings (SSSR count). The summed E-state index contributed by atoms with van der Waals surface area (Å²) in [4.78, 5) is 14.7. The van der Waals surface area contributed by atoms with E-state index in [0.717, 1.165) is 52.2 Å². The van der Waals surface area contributed by atoms with E-state index in [4.69, 9.17) is 28.4 Å². The fourth-order valence-electron chi connectivity index (χ4n) is 14.5. The van der Waals surface area contributed by atoms with E-state index < -0.39 is 29.9 Å². The quantitative estimate of drug-likeness (QED) is 0.317. The summed E-state index contributed by atoms with van der Waals surface area (Å²) in [7, 11) is 0. The van der Waals surface area contributed by atoms with E-state index in [9.17, 15) is 15.0 Å². The normalized spacial score (nSPS) is 49.7.